The Bertz CT molecular complexity index is 2440. The van der Waals surface area contributed by atoms with Crippen LogP contribution in [0.4, 0.5) is 0 Å². The number of unbranched alkanes of at least 4 members (excludes halogenated alkanes) is 18. The molecule has 0 N–H and O–H groups in total. The molecule has 0 aromatic heterocycles. The highest BCUT2D eigenvalue weighted by molar-refractivity contribution is 5.70. The molecule has 99 heavy (non-hydrogen) atoms. The van der Waals surface area contributed by atoms with E-state index in [9.17, 15) is 19.5 Å². The van der Waals surface area contributed by atoms with Gasteiger partial charge in [0.1, 0.15) is 13.2 Å². The first kappa shape index (κ1) is 92.6. The molecule has 0 spiro atoms. The fourth-order valence-corrected chi connectivity index (χ4v) is 9.87. The molecular weight excluding hydrogens is 1220 g/mol. The van der Waals surface area contributed by atoms with Crippen LogP contribution in [0.2, 0.25) is 0 Å². The molecule has 0 aromatic rings. The lowest BCUT2D eigenvalue weighted by molar-refractivity contribution is -0.870. The average molecular weight is 1370 g/mol. The second kappa shape index (κ2) is 77.3. The minimum atomic E-state index is -1.64. The number of esters is 2. The Morgan fingerprint density at radius 2 is 0.545 bits per heavy atom. The van der Waals surface area contributed by atoms with Gasteiger partial charge in [-0.2, -0.15) is 0 Å². The zero-order chi connectivity index (χ0) is 71.8. The van der Waals surface area contributed by atoms with Crippen LogP contribution >= 0.6 is 0 Å². The molecular formula is C90H141NO8. The van der Waals surface area contributed by atoms with Crippen LogP contribution in [-0.4, -0.2) is 82.3 Å². The topological polar surface area (TPSA) is 111 Å². The molecule has 9 heteroatoms. The van der Waals surface area contributed by atoms with Crippen LogP contribution in [0, 0.1) is 0 Å². The number of carbonyl (C=O) groups excluding carboxylic acids is 3. The van der Waals surface area contributed by atoms with Gasteiger partial charge in [0.05, 0.1) is 40.3 Å². The molecule has 0 radical (unpaired) electrons. The largest absolute Gasteiger partial charge is 0.545 e. The third-order valence-corrected chi connectivity index (χ3v) is 15.7. The number of rotatable bonds is 69. The summed E-state index contributed by atoms with van der Waals surface area (Å²) in [5.41, 5.74) is 0. The number of likely N-dealkylation sites (N-methyl/N-ethyl adjacent to an activating group) is 1. The van der Waals surface area contributed by atoms with Crippen LogP contribution < -0.4 is 5.11 Å². The first-order chi connectivity index (χ1) is 48.6. The SMILES string of the molecule is CC/C=C\C/C=C\C/C=C\C/C=C\C/C=C\C/C=C\C/C=C\C/C=C\C/C=C\C/C=C\CCCCCCCCC(=O)OC(COC(=O)CCCCCCCCCCCCCC/C=C\C/C=C\C/C=C\C/C=C\C/C=C\C/C=C\C/C=C\C/C=C\CC)COC(OCC[N+](C)(C)C)C(=O)[O-]. The van der Waals surface area contributed by atoms with Gasteiger partial charge in [-0.1, -0.05) is 322 Å². The van der Waals surface area contributed by atoms with E-state index in [2.05, 4.69) is 233 Å². The number of aliphatic carboxylic acids is 1. The number of quaternary nitrogens is 1. The first-order valence-electron chi connectivity index (χ1n) is 38.9. The Labute approximate surface area is 607 Å². The number of carboxylic acid groups (broad SMARTS) is 1. The monoisotopic (exact) mass is 1360 g/mol. The van der Waals surface area contributed by atoms with Crippen LogP contribution in [0.3, 0.4) is 0 Å². The summed E-state index contributed by atoms with van der Waals surface area (Å²) < 4.78 is 22.8. The number of carboxylic acids is 1. The van der Waals surface area contributed by atoms with Gasteiger partial charge in [-0.05, 0) is 154 Å². The maximum atomic E-state index is 13.0. The van der Waals surface area contributed by atoms with Crippen LogP contribution in [0.5, 0.6) is 0 Å². The Morgan fingerprint density at radius 1 is 0.303 bits per heavy atom. The smallest absolute Gasteiger partial charge is 0.306 e. The molecule has 0 bridgehead atoms. The molecule has 0 heterocycles. The second-order valence-corrected chi connectivity index (χ2v) is 26.2. The maximum absolute atomic E-state index is 13.0. The van der Waals surface area contributed by atoms with Crippen molar-refractivity contribution in [3.8, 4) is 0 Å². The Hall–Kier alpha value is -6.39. The number of hydrogen-bond donors (Lipinski definition) is 0. The molecule has 2 atom stereocenters. The molecule has 0 saturated heterocycles. The number of allylic oxidation sites excluding steroid dienone is 36. The Kier molecular flexibility index (Phi) is 72.4. The molecule has 0 aromatic carbocycles. The molecule has 0 amide bonds. The van der Waals surface area contributed by atoms with Gasteiger partial charge in [0, 0.05) is 12.8 Å². The van der Waals surface area contributed by atoms with Crippen LogP contribution in [0.25, 0.3) is 0 Å². The minimum absolute atomic E-state index is 0.133. The van der Waals surface area contributed by atoms with Crippen molar-refractivity contribution in [2.24, 2.45) is 0 Å². The summed E-state index contributed by atoms with van der Waals surface area (Å²) in [6.45, 7) is 4.48. The van der Waals surface area contributed by atoms with Gasteiger partial charge in [0.2, 0.25) is 0 Å². The van der Waals surface area contributed by atoms with Gasteiger partial charge in [-0.15, -0.1) is 0 Å². The molecule has 0 rings (SSSR count). The molecule has 2 unspecified atom stereocenters. The van der Waals surface area contributed by atoms with E-state index in [1.807, 2.05) is 21.1 Å². The minimum Gasteiger partial charge on any atom is -0.545 e. The van der Waals surface area contributed by atoms with Crippen LogP contribution in [0.1, 0.15) is 271 Å². The van der Waals surface area contributed by atoms with Gasteiger partial charge in [-0.3, -0.25) is 9.59 Å². The first-order valence-corrected chi connectivity index (χ1v) is 38.9. The van der Waals surface area contributed by atoms with E-state index in [1.54, 1.807) is 0 Å². The van der Waals surface area contributed by atoms with E-state index < -0.39 is 24.3 Å². The Morgan fingerprint density at radius 3 is 0.808 bits per heavy atom. The van der Waals surface area contributed by atoms with Crippen LogP contribution in [-0.2, 0) is 33.3 Å². The lowest BCUT2D eigenvalue weighted by Crippen LogP contribution is -2.44. The van der Waals surface area contributed by atoms with Gasteiger partial charge < -0.3 is 33.3 Å². The van der Waals surface area contributed by atoms with Crippen molar-refractivity contribution in [1.82, 2.24) is 0 Å². The third-order valence-electron chi connectivity index (χ3n) is 15.7. The number of ether oxygens (including phenoxy) is 4. The van der Waals surface area contributed by atoms with Gasteiger partial charge >= 0.3 is 11.9 Å². The summed E-state index contributed by atoms with van der Waals surface area (Å²) in [4.78, 5) is 37.6. The van der Waals surface area contributed by atoms with Crippen molar-refractivity contribution in [2.45, 2.75) is 283 Å². The number of carbonyl (C=O) groups is 3. The molecule has 0 aliphatic carbocycles. The fourth-order valence-electron chi connectivity index (χ4n) is 9.87. The summed E-state index contributed by atoms with van der Waals surface area (Å²) in [6.07, 6.45) is 119. The molecule has 0 aliphatic heterocycles. The predicted molar refractivity (Wildman–Crippen MR) is 425 cm³/mol. The van der Waals surface area contributed by atoms with E-state index in [0.29, 0.717) is 17.4 Å². The zero-order valence-electron chi connectivity index (χ0n) is 63.3. The summed E-state index contributed by atoms with van der Waals surface area (Å²) in [5, 5.41) is 11.9. The van der Waals surface area contributed by atoms with Crippen molar-refractivity contribution in [3.63, 3.8) is 0 Å². The summed E-state index contributed by atoms with van der Waals surface area (Å²) >= 11 is 0. The summed E-state index contributed by atoms with van der Waals surface area (Å²) in [5.74, 6) is -2.32. The summed E-state index contributed by atoms with van der Waals surface area (Å²) in [6, 6.07) is 0. The van der Waals surface area contributed by atoms with E-state index in [1.165, 1.54) is 51.4 Å². The average Bonchev–Trinajstić information content (AvgIpc) is 2.19. The Balaban J connectivity index is 4.19. The second-order valence-electron chi connectivity index (χ2n) is 26.2. The van der Waals surface area contributed by atoms with Gasteiger partial charge in [0.15, 0.2) is 12.4 Å². The van der Waals surface area contributed by atoms with Crippen molar-refractivity contribution in [1.29, 1.82) is 0 Å². The maximum Gasteiger partial charge on any atom is 0.306 e. The summed E-state index contributed by atoms with van der Waals surface area (Å²) in [7, 11) is 5.91. The molecule has 0 saturated carbocycles. The van der Waals surface area contributed by atoms with E-state index in [4.69, 9.17) is 18.9 Å². The van der Waals surface area contributed by atoms with Crippen molar-refractivity contribution in [3.05, 3.63) is 219 Å². The molecule has 9 nitrogen and oxygen atoms in total. The number of hydrogen-bond acceptors (Lipinski definition) is 8. The highest BCUT2D eigenvalue weighted by Crippen LogP contribution is 2.16. The molecule has 554 valence electrons. The standard InChI is InChI=1S/C90H141NO8/c1-6-8-10-12-14-16-18-20-22-24-26-28-30-32-34-36-38-40-42-44-46-48-50-52-54-56-58-60-62-64-66-68-70-72-74-76-78-80-87(92)97-84-86(85-98-90(89(94)95)96-83-82-91(3,4)5)99-88(93)81-79-77-75-73-71-69-67-65-63-61-59-57-55-53-51-49-47-45-43-41-39-37-35-33-31-29-27-25-23-21-19-17-15-13-11-9-7-2/h8-11,14-17,20-23,26-29,32-35,38-41,44-47,50-53,57,59,63,65,86,90H,6-7,12-13,18-19,24-25,30-31,36-37,42-43,48-49,54-56,58,60-62,64,66-85H2,1-5H3/b10-8-,11-9-,16-14-,17-15-,22-20-,23-21-,28-26-,29-27-,34-32-,35-33-,40-38-,41-39-,46-44-,47-45-,52-50-,53-51-,59-57-,65-63-. The van der Waals surface area contributed by atoms with E-state index in [-0.39, 0.29) is 38.6 Å². The lowest BCUT2D eigenvalue weighted by Gasteiger charge is -2.26. The van der Waals surface area contributed by atoms with Gasteiger partial charge in [-0.25, -0.2) is 0 Å². The quantitative estimate of drug-likeness (QED) is 0.0195. The van der Waals surface area contributed by atoms with E-state index in [0.717, 1.165) is 186 Å². The van der Waals surface area contributed by atoms with Gasteiger partial charge in [0.25, 0.3) is 0 Å². The van der Waals surface area contributed by atoms with Crippen molar-refractivity contribution < 1.29 is 42.9 Å². The third kappa shape index (κ3) is 78.8. The van der Waals surface area contributed by atoms with Crippen molar-refractivity contribution in [2.75, 3.05) is 47.5 Å². The zero-order valence-corrected chi connectivity index (χ0v) is 63.3. The molecule has 0 fully saturated rings. The highest BCUT2D eigenvalue weighted by Gasteiger charge is 2.22. The number of nitrogens with zero attached hydrogens (tertiary/aromatic N) is 1. The predicted octanol–water partition coefficient (Wildman–Crippen LogP) is 23.9. The fraction of sp³-hybridized carbons (Fsp3) is 0.567. The normalized spacial score (nSPS) is 13.9. The van der Waals surface area contributed by atoms with E-state index >= 15 is 0 Å². The molecule has 0 aliphatic rings. The van der Waals surface area contributed by atoms with Crippen LogP contribution in [0.15, 0.2) is 219 Å². The lowest BCUT2D eigenvalue weighted by atomic mass is 10.0. The van der Waals surface area contributed by atoms with Crippen molar-refractivity contribution >= 4 is 17.9 Å². The highest BCUT2D eigenvalue weighted by atomic mass is 16.7.